The summed E-state index contributed by atoms with van der Waals surface area (Å²) in [7, 11) is 0. The fourth-order valence-corrected chi connectivity index (χ4v) is 2.42. The lowest BCUT2D eigenvalue weighted by molar-refractivity contribution is -0.118. The highest BCUT2D eigenvalue weighted by Gasteiger charge is 2.19. The zero-order valence-electron chi connectivity index (χ0n) is 11.5. The Labute approximate surface area is 121 Å². The van der Waals surface area contributed by atoms with Crippen LogP contribution in [0.15, 0.2) is 36.4 Å². The van der Waals surface area contributed by atoms with Crippen LogP contribution >= 0.6 is 0 Å². The van der Waals surface area contributed by atoms with Crippen LogP contribution < -0.4 is 15.8 Å². The summed E-state index contributed by atoms with van der Waals surface area (Å²) in [4.78, 5) is 11.4. The summed E-state index contributed by atoms with van der Waals surface area (Å²) in [6.07, 6.45) is 0. The number of fused-ring (bicyclic) bond motifs is 1. The minimum atomic E-state index is -0.468. The molecule has 1 aliphatic rings. The molecule has 108 valence electrons. The fourth-order valence-electron chi connectivity index (χ4n) is 2.42. The Morgan fingerprint density at radius 2 is 2.10 bits per heavy atom. The molecule has 0 saturated carbocycles. The number of anilines is 1. The molecule has 0 radical (unpaired) electrons. The van der Waals surface area contributed by atoms with Crippen LogP contribution in [0.25, 0.3) is 0 Å². The number of nitrogens with two attached hydrogens (primary N) is 1. The Morgan fingerprint density at radius 3 is 2.90 bits per heavy atom. The van der Waals surface area contributed by atoms with E-state index < -0.39 is 6.04 Å². The molecule has 0 fully saturated rings. The van der Waals surface area contributed by atoms with Crippen LogP contribution in [0.1, 0.15) is 22.7 Å². The van der Waals surface area contributed by atoms with Gasteiger partial charge in [0.05, 0.1) is 11.7 Å². The molecule has 5 heteroatoms. The molecule has 0 spiro atoms. The van der Waals surface area contributed by atoms with E-state index in [1.54, 1.807) is 18.2 Å². The van der Waals surface area contributed by atoms with E-state index in [0.29, 0.717) is 11.4 Å². The quantitative estimate of drug-likeness (QED) is 0.891. The van der Waals surface area contributed by atoms with Crippen molar-refractivity contribution in [3.63, 3.8) is 0 Å². The number of nitrogens with one attached hydrogen (secondary N) is 1. The number of ether oxygens (including phenoxy) is 1. The van der Waals surface area contributed by atoms with E-state index in [1.807, 2.05) is 13.0 Å². The number of hydrogen-bond acceptors (Lipinski definition) is 3. The van der Waals surface area contributed by atoms with Gasteiger partial charge < -0.3 is 15.8 Å². The molecular formula is C16H15FN2O2. The lowest BCUT2D eigenvalue weighted by Crippen LogP contribution is -2.25. The van der Waals surface area contributed by atoms with Crippen molar-refractivity contribution >= 4 is 11.6 Å². The van der Waals surface area contributed by atoms with Crippen molar-refractivity contribution in [2.45, 2.75) is 13.0 Å². The van der Waals surface area contributed by atoms with Gasteiger partial charge in [0, 0.05) is 0 Å². The third-order valence-corrected chi connectivity index (χ3v) is 3.57. The van der Waals surface area contributed by atoms with E-state index in [2.05, 4.69) is 5.32 Å². The molecule has 3 N–H and O–H groups in total. The van der Waals surface area contributed by atoms with Crippen molar-refractivity contribution < 1.29 is 13.9 Å². The Kier molecular flexibility index (Phi) is 3.35. The number of hydrogen-bond donors (Lipinski definition) is 2. The van der Waals surface area contributed by atoms with Crippen LogP contribution in [-0.4, -0.2) is 12.5 Å². The van der Waals surface area contributed by atoms with Crippen molar-refractivity contribution in [1.29, 1.82) is 0 Å². The highest BCUT2D eigenvalue weighted by atomic mass is 19.1. The summed E-state index contributed by atoms with van der Waals surface area (Å²) < 4.78 is 18.7. The second kappa shape index (κ2) is 5.18. The number of carbonyl (C=O) groups excluding carboxylic acids is 1. The van der Waals surface area contributed by atoms with Gasteiger partial charge in [-0.25, -0.2) is 4.39 Å². The average Bonchev–Trinajstić information content (AvgIpc) is 2.48. The number of halogens is 1. The number of benzene rings is 2. The van der Waals surface area contributed by atoms with E-state index in [-0.39, 0.29) is 18.3 Å². The molecule has 1 atom stereocenters. The van der Waals surface area contributed by atoms with Gasteiger partial charge in [-0.05, 0) is 47.9 Å². The lowest BCUT2D eigenvalue weighted by Gasteiger charge is -2.21. The average molecular weight is 286 g/mol. The predicted octanol–water partition coefficient (Wildman–Crippen LogP) is 2.51. The van der Waals surface area contributed by atoms with E-state index in [1.165, 1.54) is 12.1 Å². The number of carbonyl (C=O) groups is 1. The van der Waals surface area contributed by atoms with Crippen LogP contribution in [0.2, 0.25) is 0 Å². The topological polar surface area (TPSA) is 64.3 Å². The van der Waals surface area contributed by atoms with Crippen molar-refractivity contribution in [2.24, 2.45) is 5.73 Å². The van der Waals surface area contributed by atoms with Crippen LogP contribution in [0.4, 0.5) is 10.1 Å². The monoisotopic (exact) mass is 286 g/mol. The van der Waals surface area contributed by atoms with E-state index in [9.17, 15) is 9.18 Å². The molecule has 0 aromatic heterocycles. The predicted molar refractivity (Wildman–Crippen MR) is 77.7 cm³/mol. The zero-order valence-corrected chi connectivity index (χ0v) is 11.5. The lowest BCUT2D eigenvalue weighted by atomic mass is 9.95. The third-order valence-electron chi connectivity index (χ3n) is 3.57. The molecule has 0 saturated heterocycles. The maximum absolute atomic E-state index is 13.4. The van der Waals surface area contributed by atoms with Crippen LogP contribution in [0.3, 0.4) is 0 Å². The summed E-state index contributed by atoms with van der Waals surface area (Å²) in [5, 5.41) is 2.74. The Bertz CT molecular complexity index is 715. The summed E-state index contributed by atoms with van der Waals surface area (Å²) in [5.41, 5.74) is 9.25. The first-order valence-electron chi connectivity index (χ1n) is 6.63. The zero-order chi connectivity index (χ0) is 15.0. The van der Waals surface area contributed by atoms with Crippen molar-refractivity contribution in [3.05, 3.63) is 58.9 Å². The first-order valence-corrected chi connectivity index (χ1v) is 6.63. The van der Waals surface area contributed by atoms with Gasteiger partial charge in [-0.15, -0.1) is 0 Å². The second-order valence-corrected chi connectivity index (χ2v) is 5.07. The molecule has 3 rings (SSSR count). The molecule has 21 heavy (non-hydrogen) atoms. The highest BCUT2D eigenvalue weighted by molar-refractivity contribution is 5.95. The molecule has 1 unspecified atom stereocenters. The maximum Gasteiger partial charge on any atom is 0.262 e. The third kappa shape index (κ3) is 2.60. The molecule has 2 aromatic rings. The number of rotatable bonds is 2. The van der Waals surface area contributed by atoms with Gasteiger partial charge in [0.1, 0.15) is 11.6 Å². The smallest absolute Gasteiger partial charge is 0.262 e. The summed E-state index contributed by atoms with van der Waals surface area (Å²) in [6, 6.07) is 9.44. The van der Waals surface area contributed by atoms with Crippen molar-refractivity contribution in [1.82, 2.24) is 0 Å². The number of aryl methyl sites for hydroxylation is 1. The Balaban J connectivity index is 1.98. The van der Waals surface area contributed by atoms with Gasteiger partial charge in [0.2, 0.25) is 0 Å². The van der Waals surface area contributed by atoms with Crippen LogP contribution in [0, 0.1) is 12.7 Å². The van der Waals surface area contributed by atoms with Gasteiger partial charge in [-0.3, -0.25) is 4.79 Å². The van der Waals surface area contributed by atoms with Gasteiger partial charge in [-0.1, -0.05) is 12.1 Å². The second-order valence-electron chi connectivity index (χ2n) is 5.07. The first kappa shape index (κ1) is 13.6. The van der Waals surface area contributed by atoms with E-state index in [0.717, 1.165) is 16.7 Å². The largest absolute Gasteiger partial charge is 0.482 e. The minimum absolute atomic E-state index is 0.0153. The minimum Gasteiger partial charge on any atom is -0.482 e. The van der Waals surface area contributed by atoms with Gasteiger partial charge in [-0.2, -0.15) is 0 Å². The SMILES string of the molecule is Cc1ccc(F)cc1C(N)c1ccc2c(c1)NC(=O)CO2. The Morgan fingerprint density at radius 1 is 1.29 bits per heavy atom. The normalized spacial score (nSPS) is 14.9. The van der Waals surface area contributed by atoms with Gasteiger partial charge in [0.15, 0.2) is 6.61 Å². The maximum atomic E-state index is 13.4. The molecule has 1 heterocycles. The van der Waals surface area contributed by atoms with Crippen LogP contribution in [0.5, 0.6) is 5.75 Å². The molecule has 1 aliphatic heterocycles. The van der Waals surface area contributed by atoms with Crippen LogP contribution in [-0.2, 0) is 4.79 Å². The Hall–Kier alpha value is -2.40. The molecule has 0 bridgehead atoms. The van der Waals surface area contributed by atoms with E-state index >= 15 is 0 Å². The van der Waals surface area contributed by atoms with Gasteiger partial charge >= 0.3 is 0 Å². The molecule has 1 amide bonds. The number of amides is 1. The first-order chi connectivity index (χ1) is 10.0. The van der Waals surface area contributed by atoms with Crippen molar-refractivity contribution in [3.8, 4) is 5.75 Å². The standard InChI is InChI=1S/C16H15FN2O2/c1-9-2-4-11(17)7-12(9)16(18)10-3-5-14-13(6-10)19-15(20)8-21-14/h2-7,16H,8,18H2,1H3,(H,19,20). The molecule has 0 aliphatic carbocycles. The highest BCUT2D eigenvalue weighted by Crippen LogP contribution is 2.32. The summed E-state index contributed by atoms with van der Waals surface area (Å²) in [6.45, 7) is 1.90. The summed E-state index contributed by atoms with van der Waals surface area (Å²) >= 11 is 0. The summed E-state index contributed by atoms with van der Waals surface area (Å²) in [5.74, 6) is 0.0947. The molecule has 2 aromatic carbocycles. The fraction of sp³-hybridized carbons (Fsp3) is 0.188. The molecular weight excluding hydrogens is 271 g/mol. The van der Waals surface area contributed by atoms with E-state index in [4.69, 9.17) is 10.5 Å². The van der Waals surface area contributed by atoms with Crippen molar-refractivity contribution in [2.75, 3.05) is 11.9 Å². The van der Waals surface area contributed by atoms with Gasteiger partial charge in [0.25, 0.3) is 5.91 Å². The molecule has 4 nitrogen and oxygen atoms in total.